The van der Waals surface area contributed by atoms with Crippen LogP contribution in [0.5, 0.6) is 0 Å². The van der Waals surface area contributed by atoms with Crippen LogP contribution in [0.25, 0.3) is 10.2 Å². The molecule has 112 valence electrons. The van der Waals surface area contributed by atoms with Crippen LogP contribution in [0, 0.1) is 0 Å². The topological polar surface area (TPSA) is 34.9 Å². The van der Waals surface area contributed by atoms with Crippen LogP contribution in [0.2, 0.25) is 0 Å². The van der Waals surface area contributed by atoms with E-state index in [1.165, 1.54) is 41.5 Å². The molecule has 0 amide bonds. The summed E-state index contributed by atoms with van der Waals surface area (Å²) in [7, 11) is 0. The van der Waals surface area contributed by atoms with E-state index in [-0.39, 0.29) is 5.56 Å². The summed E-state index contributed by atoms with van der Waals surface area (Å²) >= 11 is 3.26. The van der Waals surface area contributed by atoms with E-state index in [0.29, 0.717) is 6.54 Å². The molecule has 0 saturated heterocycles. The van der Waals surface area contributed by atoms with E-state index in [9.17, 15) is 4.79 Å². The van der Waals surface area contributed by atoms with Crippen LogP contribution >= 0.6 is 23.1 Å². The molecule has 1 aliphatic rings. The van der Waals surface area contributed by atoms with Crippen molar-refractivity contribution in [3.63, 3.8) is 0 Å². The monoisotopic (exact) mass is 320 g/mol. The molecule has 2 heterocycles. The number of thiophene rings is 1. The molecule has 0 bridgehead atoms. The molecule has 3 rings (SSSR count). The third-order valence-corrected chi connectivity index (χ3v) is 5.76. The van der Waals surface area contributed by atoms with Crippen molar-refractivity contribution in [2.75, 3.05) is 6.26 Å². The van der Waals surface area contributed by atoms with Crippen molar-refractivity contribution in [3.8, 4) is 0 Å². The van der Waals surface area contributed by atoms with E-state index in [2.05, 4.69) is 6.58 Å². The largest absolute Gasteiger partial charge is 0.283 e. The molecular weight excluding hydrogens is 300 g/mol. The fourth-order valence-corrected chi connectivity index (χ4v) is 4.82. The van der Waals surface area contributed by atoms with E-state index in [0.717, 1.165) is 33.8 Å². The van der Waals surface area contributed by atoms with Gasteiger partial charge in [0.1, 0.15) is 4.83 Å². The zero-order valence-corrected chi connectivity index (χ0v) is 14.2. The van der Waals surface area contributed by atoms with Gasteiger partial charge in [0.25, 0.3) is 5.56 Å². The minimum atomic E-state index is 0.117. The Morgan fingerprint density at radius 3 is 2.86 bits per heavy atom. The molecular formula is C16H20N2OS2. The Labute approximate surface area is 133 Å². The van der Waals surface area contributed by atoms with Crippen molar-refractivity contribution in [1.29, 1.82) is 0 Å². The smallest absolute Gasteiger partial charge is 0.263 e. The molecule has 0 spiro atoms. The SMILES string of the molecule is C=C(C)Cn1c(SC)nc2sc3c(c2c1=O)CCCCC3. The van der Waals surface area contributed by atoms with Crippen molar-refractivity contribution < 1.29 is 0 Å². The summed E-state index contributed by atoms with van der Waals surface area (Å²) < 4.78 is 1.78. The number of rotatable bonds is 3. The summed E-state index contributed by atoms with van der Waals surface area (Å²) in [6.45, 7) is 6.45. The molecule has 2 aromatic heterocycles. The molecule has 0 unspecified atom stereocenters. The predicted octanol–water partition coefficient (Wildman–Crippen LogP) is 4.02. The lowest BCUT2D eigenvalue weighted by atomic mass is 10.1. The highest BCUT2D eigenvalue weighted by Gasteiger charge is 2.21. The third kappa shape index (κ3) is 2.69. The van der Waals surface area contributed by atoms with Gasteiger partial charge in [0.2, 0.25) is 0 Å². The van der Waals surface area contributed by atoms with Gasteiger partial charge in [-0.15, -0.1) is 11.3 Å². The number of nitrogens with zero attached hydrogens (tertiary/aromatic N) is 2. The molecule has 21 heavy (non-hydrogen) atoms. The van der Waals surface area contributed by atoms with Crippen LogP contribution in [0.4, 0.5) is 0 Å². The summed E-state index contributed by atoms with van der Waals surface area (Å²) in [6.07, 6.45) is 7.78. The molecule has 0 fully saturated rings. The van der Waals surface area contributed by atoms with Gasteiger partial charge in [-0.3, -0.25) is 9.36 Å². The van der Waals surface area contributed by atoms with Gasteiger partial charge in [0, 0.05) is 11.4 Å². The molecule has 1 aliphatic carbocycles. The average Bonchev–Trinajstić information content (AvgIpc) is 2.63. The van der Waals surface area contributed by atoms with E-state index in [1.807, 2.05) is 13.2 Å². The number of aryl methyl sites for hydroxylation is 2. The van der Waals surface area contributed by atoms with E-state index in [4.69, 9.17) is 4.98 Å². The van der Waals surface area contributed by atoms with Crippen LogP contribution in [0.1, 0.15) is 36.6 Å². The maximum atomic E-state index is 13.0. The highest BCUT2D eigenvalue weighted by molar-refractivity contribution is 7.98. The lowest BCUT2D eigenvalue weighted by Crippen LogP contribution is -2.23. The Bertz CT molecular complexity index is 758. The highest BCUT2D eigenvalue weighted by Crippen LogP contribution is 2.33. The van der Waals surface area contributed by atoms with Gasteiger partial charge in [-0.05, 0) is 44.4 Å². The molecule has 2 aromatic rings. The number of fused-ring (bicyclic) bond motifs is 3. The van der Waals surface area contributed by atoms with Crippen molar-refractivity contribution in [2.24, 2.45) is 0 Å². The van der Waals surface area contributed by atoms with E-state index in [1.54, 1.807) is 15.9 Å². The van der Waals surface area contributed by atoms with Crippen LogP contribution in [-0.4, -0.2) is 15.8 Å². The first-order chi connectivity index (χ1) is 10.1. The predicted molar refractivity (Wildman–Crippen MR) is 91.7 cm³/mol. The summed E-state index contributed by atoms with van der Waals surface area (Å²) in [5, 5.41) is 1.67. The second-order valence-corrected chi connectivity index (χ2v) is 7.55. The Balaban J connectivity index is 2.28. The van der Waals surface area contributed by atoms with Crippen molar-refractivity contribution >= 4 is 33.3 Å². The fourth-order valence-electron chi connectivity index (χ4n) is 2.96. The number of allylic oxidation sites excluding steroid dienone is 1. The van der Waals surface area contributed by atoms with Gasteiger partial charge in [-0.1, -0.05) is 30.3 Å². The molecule has 0 aliphatic heterocycles. The number of aromatic nitrogens is 2. The first-order valence-electron chi connectivity index (χ1n) is 7.35. The molecule has 5 heteroatoms. The lowest BCUT2D eigenvalue weighted by Gasteiger charge is -2.10. The van der Waals surface area contributed by atoms with Gasteiger partial charge in [0.15, 0.2) is 5.16 Å². The van der Waals surface area contributed by atoms with Crippen LogP contribution in [0.3, 0.4) is 0 Å². The highest BCUT2D eigenvalue weighted by atomic mass is 32.2. The lowest BCUT2D eigenvalue weighted by molar-refractivity contribution is 0.652. The maximum Gasteiger partial charge on any atom is 0.263 e. The van der Waals surface area contributed by atoms with Crippen LogP contribution in [0.15, 0.2) is 22.1 Å². The maximum absolute atomic E-state index is 13.0. The molecule has 0 aromatic carbocycles. The van der Waals surface area contributed by atoms with Gasteiger partial charge in [-0.25, -0.2) is 4.98 Å². The molecule has 0 radical (unpaired) electrons. The van der Waals surface area contributed by atoms with E-state index < -0.39 is 0 Å². The van der Waals surface area contributed by atoms with Crippen molar-refractivity contribution in [2.45, 2.75) is 50.7 Å². The van der Waals surface area contributed by atoms with Crippen molar-refractivity contribution in [1.82, 2.24) is 9.55 Å². The zero-order chi connectivity index (χ0) is 15.0. The van der Waals surface area contributed by atoms with Crippen LogP contribution < -0.4 is 5.56 Å². The number of thioether (sulfide) groups is 1. The third-order valence-electron chi connectivity index (χ3n) is 3.90. The first kappa shape index (κ1) is 14.9. The zero-order valence-electron chi connectivity index (χ0n) is 12.6. The second-order valence-electron chi connectivity index (χ2n) is 5.69. The molecule has 3 nitrogen and oxygen atoms in total. The van der Waals surface area contributed by atoms with E-state index >= 15 is 0 Å². The minimum absolute atomic E-state index is 0.117. The molecule has 0 atom stereocenters. The minimum Gasteiger partial charge on any atom is -0.283 e. The summed E-state index contributed by atoms with van der Waals surface area (Å²) in [4.78, 5) is 20.0. The fraction of sp³-hybridized carbons (Fsp3) is 0.500. The van der Waals surface area contributed by atoms with Gasteiger partial charge < -0.3 is 0 Å². The number of hydrogen-bond donors (Lipinski definition) is 0. The normalized spacial score (nSPS) is 15.0. The number of hydrogen-bond acceptors (Lipinski definition) is 4. The molecule has 0 N–H and O–H groups in total. The summed E-state index contributed by atoms with van der Waals surface area (Å²) in [6, 6.07) is 0. The second kappa shape index (κ2) is 5.97. The Kier molecular flexibility index (Phi) is 4.22. The quantitative estimate of drug-likeness (QED) is 0.371. The first-order valence-corrected chi connectivity index (χ1v) is 9.39. The Morgan fingerprint density at radius 1 is 1.38 bits per heavy atom. The molecule has 0 saturated carbocycles. The van der Waals surface area contributed by atoms with Gasteiger partial charge in [-0.2, -0.15) is 0 Å². The van der Waals surface area contributed by atoms with Gasteiger partial charge in [0.05, 0.1) is 5.39 Å². The Hall–Kier alpha value is -1.07. The van der Waals surface area contributed by atoms with Crippen molar-refractivity contribution in [3.05, 3.63) is 32.9 Å². The standard InChI is InChI=1S/C16H20N2OS2/c1-10(2)9-18-15(19)13-11-7-5-4-6-8-12(11)21-14(13)17-16(18)20-3/h1,4-9H2,2-3H3. The van der Waals surface area contributed by atoms with Gasteiger partial charge >= 0.3 is 0 Å². The van der Waals surface area contributed by atoms with Crippen LogP contribution in [-0.2, 0) is 19.4 Å². The summed E-state index contributed by atoms with van der Waals surface area (Å²) in [5.41, 5.74) is 2.37. The average molecular weight is 320 g/mol. The summed E-state index contributed by atoms with van der Waals surface area (Å²) in [5.74, 6) is 0. The Morgan fingerprint density at radius 2 is 2.14 bits per heavy atom.